The Morgan fingerprint density at radius 2 is 2.38 bits per heavy atom. The Kier molecular flexibility index (Phi) is 1.36. The van der Waals surface area contributed by atoms with E-state index in [0.29, 0.717) is 0 Å². The average Bonchev–Trinajstić information content (AvgIpc) is 2.72. The van der Waals surface area contributed by atoms with Crippen molar-refractivity contribution in [3.05, 3.63) is 41.9 Å². The lowest BCUT2D eigenvalue weighted by Gasteiger charge is -2.07. The molecule has 13 heavy (non-hydrogen) atoms. The fourth-order valence-electron chi connectivity index (χ4n) is 2.09. The minimum Gasteiger partial charge on any atom is -0.383 e. The molecule has 1 aromatic rings. The Bertz CT molecular complexity index is 396. The number of fused-ring (bicyclic) bond motifs is 2. The Balaban J connectivity index is 2.17. The van der Waals surface area contributed by atoms with Crippen molar-refractivity contribution in [2.45, 2.75) is 12.8 Å². The summed E-state index contributed by atoms with van der Waals surface area (Å²) in [6, 6.07) is 4.33. The number of rotatable bonds is 0. The molecule has 2 nitrogen and oxygen atoms in total. The van der Waals surface area contributed by atoms with Gasteiger partial charge in [0.2, 0.25) is 0 Å². The van der Waals surface area contributed by atoms with Crippen LogP contribution in [0.3, 0.4) is 0 Å². The minimum absolute atomic E-state index is 1.05. The Labute approximate surface area is 77.6 Å². The molecule has 1 N–H and O–H groups in total. The van der Waals surface area contributed by atoms with Crippen molar-refractivity contribution < 1.29 is 0 Å². The van der Waals surface area contributed by atoms with E-state index in [0.717, 1.165) is 19.4 Å². The van der Waals surface area contributed by atoms with Crippen molar-refractivity contribution in [1.29, 1.82) is 0 Å². The van der Waals surface area contributed by atoms with Crippen LogP contribution < -0.4 is 5.32 Å². The van der Waals surface area contributed by atoms with Gasteiger partial charge in [-0.3, -0.25) is 0 Å². The highest BCUT2D eigenvalue weighted by Gasteiger charge is 2.15. The quantitative estimate of drug-likeness (QED) is 0.631. The van der Waals surface area contributed by atoms with Gasteiger partial charge in [0.15, 0.2) is 0 Å². The van der Waals surface area contributed by atoms with Gasteiger partial charge in [-0.15, -0.1) is 0 Å². The van der Waals surface area contributed by atoms with Gasteiger partial charge in [0.25, 0.3) is 0 Å². The molecule has 0 atom stereocenters. The molecule has 0 saturated carbocycles. The van der Waals surface area contributed by atoms with Crippen LogP contribution in [0.15, 0.2) is 36.2 Å². The van der Waals surface area contributed by atoms with Crippen molar-refractivity contribution >= 4 is 5.70 Å². The van der Waals surface area contributed by atoms with Gasteiger partial charge >= 0.3 is 0 Å². The number of nitrogens with zero attached hydrogens (tertiary/aromatic N) is 1. The SMILES string of the molecule is C1=CC2=C(C1)n1cccc1CCN2. The lowest BCUT2D eigenvalue weighted by molar-refractivity contribution is 0.806. The van der Waals surface area contributed by atoms with Crippen LogP contribution in [0, 0.1) is 0 Å². The molecule has 3 rings (SSSR count). The van der Waals surface area contributed by atoms with Crippen LogP contribution in [-0.4, -0.2) is 11.1 Å². The topological polar surface area (TPSA) is 17.0 Å². The zero-order valence-corrected chi connectivity index (χ0v) is 7.46. The second kappa shape index (κ2) is 2.52. The molecule has 1 aliphatic carbocycles. The average molecular weight is 172 g/mol. The molecule has 0 bridgehead atoms. The van der Waals surface area contributed by atoms with E-state index >= 15 is 0 Å². The smallest absolute Gasteiger partial charge is 0.0542 e. The summed E-state index contributed by atoms with van der Waals surface area (Å²) in [5.74, 6) is 0. The van der Waals surface area contributed by atoms with Crippen LogP contribution in [0.5, 0.6) is 0 Å². The fraction of sp³-hybridized carbons (Fsp3) is 0.273. The van der Waals surface area contributed by atoms with Crippen molar-refractivity contribution in [3.8, 4) is 0 Å². The number of hydrogen-bond donors (Lipinski definition) is 1. The van der Waals surface area contributed by atoms with Crippen LogP contribution in [0.2, 0.25) is 0 Å². The number of aromatic nitrogens is 1. The van der Waals surface area contributed by atoms with Crippen LogP contribution >= 0.6 is 0 Å². The minimum atomic E-state index is 1.05. The molecule has 66 valence electrons. The predicted octanol–water partition coefficient (Wildman–Crippen LogP) is 1.76. The van der Waals surface area contributed by atoms with Gasteiger partial charge in [0.1, 0.15) is 0 Å². The van der Waals surface area contributed by atoms with Gasteiger partial charge in [0, 0.05) is 37.0 Å². The summed E-state index contributed by atoms with van der Waals surface area (Å²) in [6.45, 7) is 1.05. The van der Waals surface area contributed by atoms with Gasteiger partial charge in [0.05, 0.1) is 5.70 Å². The third-order valence-electron chi connectivity index (χ3n) is 2.73. The zero-order chi connectivity index (χ0) is 8.67. The lowest BCUT2D eigenvalue weighted by Crippen LogP contribution is -2.13. The zero-order valence-electron chi connectivity index (χ0n) is 7.46. The van der Waals surface area contributed by atoms with Gasteiger partial charge in [-0.25, -0.2) is 0 Å². The van der Waals surface area contributed by atoms with Crippen molar-refractivity contribution in [1.82, 2.24) is 9.88 Å². The first-order chi connectivity index (χ1) is 6.45. The summed E-state index contributed by atoms with van der Waals surface area (Å²) in [6.07, 6.45) is 8.74. The summed E-state index contributed by atoms with van der Waals surface area (Å²) in [5, 5.41) is 3.45. The number of hydrogen-bond acceptors (Lipinski definition) is 1. The highest BCUT2D eigenvalue weighted by atomic mass is 15.0. The van der Waals surface area contributed by atoms with E-state index in [4.69, 9.17) is 0 Å². The number of allylic oxidation sites excluding steroid dienone is 3. The second-order valence-electron chi connectivity index (χ2n) is 3.51. The van der Waals surface area contributed by atoms with Gasteiger partial charge < -0.3 is 9.88 Å². The van der Waals surface area contributed by atoms with Crippen molar-refractivity contribution in [2.24, 2.45) is 0 Å². The van der Waals surface area contributed by atoms with Crippen LogP contribution in [0.25, 0.3) is 5.70 Å². The maximum absolute atomic E-state index is 3.45. The monoisotopic (exact) mass is 172 g/mol. The van der Waals surface area contributed by atoms with E-state index in [1.54, 1.807) is 0 Å². The molecule has 0 radical (unpaired) electrons. The molecule has 0 spiro atoms. The van der Waals surface area contributed by atoms with Crippen LogP contribution in [0.4, 0.5) is 0 Å². The first-order valence-electron chi connectivity index (χ1n) is 4.75. The molecule has 1 aromatic heterocycles. The molecular weight excluding hydrogens is 160 g/mol. The van der Waals surface area contributed by atoms with Crippen molar-refractivity contribution in [3.63, 3.8) is 0 Å². The maximum Gasteiger partial charge on any atom is 0.0542 e. The van der Waals surface area contributed by atoms with Gasteiger partial charge in [-0.1, -0.05) is 6.08 Å². The summed E-state index contributed by atoms with van der Waals surface area (Å²) in [4.78, 5) is 0. The molecule has 0 fully saturated rings. The molecule has 2 aliphatic rings. The van der Waals surface area contributed by atoms with E-state index in [2.05, 4.69) is 40.4 Å². The third-order valence-corrected chi connectivity index (χ3v) is 2.73. The highest BCUT2D eigenvalue weighted by molar-refractivity contribution is 5.61. The second-order valence-corrected chi connectivity index (χ2v) is 3.51. The highest BCUT2D eigenvalue weighted by Crippen LogP contribution is 2.25. The first-order valence-corrected chi connectivity index (χ1v) is 4.75. The summed E-state index contributed by atoms with van der Waals surface area (Å²) in [7, 11) is 0. The molecule has 0 amide bonds. The molecule has 0 aromatic carbocycles. The van der Waals surface area contributed by atoms with E-state index in [1.807, 2.05) is 0 Å². The van der Waals surface area contributed by atoms with Crippen LogP contribution in [0.1, 0.15) is 12.1 Å². The van der Waals surface area contributed by atoms with Gasteiger partial charge in [-0.05, 0) is 18.2 Å². The number of nitrogens with one attached hydrogen (secondary N) is 1. The standard InChI is InChI=1S/C11H12N2/c1-4-10-11(5-1)13-8-2-3-9(13)6-7-12-10/h1-4,8,12H,5-7H2. The maximum atomic E-state index is 3.45. The van der Waals surface area contributed by atoms with E-state index in [-0.39, 0.29) is 0 Å². The van der Waals surface area contributed by atoms with E-state index < -0.39 is 0 Å². The fourth-order valence-corrected chi connectivity index (χ4v) is 2.09. The summed E-state index contributed by atoms with van der Waals surface area (Å²) < 4.78 is 2.31. The molecular formula is C11H12N2. The molecule has 1 aliphatic heterocycles. The van der Waals surface area contributed by atoms with E-state index in [1.165, 1.54) is 17.1 Å². The molecule has 0 saturated heterocycles. The molecule has 2 heterocycles. The summed E-state index contributed by atoms with van der Waals surface area (Å²) >= 11 is 0. The lowest BCUT2D eigenvalue weighted by atomic mass is 10.3. The van der Waals surface area contributed by atoms with Crippen molar-refractivity contribution in [2.75, 3.05) is 6.54 Å². The van der Waals surface area contributed by atoms with E-state index in [9.17, 15) is 0 Å². The first kappa shape index (κ1) is 7.01. The Morgan fingerprint density at radius 3 is 3.38 bits per heavy atom. The Hall–Kier alpha value is -1.44. The van der Waals surface area contributed by atoms with Gasteiger partial charge in [-0.2, -0.15) is 0 Å². The predicted molar refractivity (Wildman–Crippen MR) is 53.1 cm³/mol. The molecule has 2 heteroatoms. The largest absolute Gasteiger partial charge is 0.383 e. The summed E-state index contributed by atoms with van der Waals surface area (Å²) in [5.41, 5.74) is 4.12. The molecule has 0 unspecified atom stereocenters. The normalized spacial score (nSPS) is 19.4. The van der Waals surface area contributed by atoms with Crippen LogP contribution in [-0.2, 0) is 6.42 Å². The third kappa shape index (κ3) is 0.949. The Morgan fingerprint density at radius 1 is 1.38 bits per heavy atom.